The van der Waals surface area contributed by atoms with E-state index in [0.29, 0.717) is 17.5 Å². The Balaban J connectivity index is 3.18. The molecule has 1 aromatic carbocycles. The van der Waals surface area contributed by atoms with Crippen LogP contribution in [0.4, 0.5) is 8.78 Å². The van der Waals surface area contributed by atoms with Crippen LogP contribution in [0.2, 0.25) is 0 Å². The summed E-state index contributed by atoms with van der Waals surface area (Å²) in [6.07, 6.45) is 0.521. The molecule has 0 heterocycles. The van der Waals surface area contributed by atoms with Gasteiger partial charge < -0.3 is 4.74 Å². The first-order valence-electron chi connectivity index (χ1n) is 5.18. The van der Waals surface area contributed by atoms with E-state index in [4.69, 9.17) is 0 Å². The Morgan fingerprint density at radius 3 is 2.59 bits per heavy atom. The van der Waals surface area contributed by atoms with Crippen LogP contribution < -0.4 is 4.74 Å². The summed E-state index contributed by atoms with van der Waals surface area (Å²) in [4.78, 5) is 10.8. The van der Waals surface area contributed by atoms with E-state index in [1.807, 2.05) is 6.92 Å². The lowest BCUT2D eigenvalue weighted by Gasteiger charge is -2.16. The van der Waals surface area contributed by atoms with Gasteiger partial charge >= 0.3 is 6.61 Å². The van der Waals surface area contributed by atoms with Gasteiger partial charge in [-0.25, -0.2) is 0 Å². The Morgan fingerprint density at radius 2 is 2.12 bits per heavy atom. The Labute approximate surface area is 107 Å². The van der Waals surface area contributed by atoms with E-state index >= 15 is 0 Å². The first kappa shape index (κ1) is 14.1. The SMILES string of the molecule is CCc1c(OC(F)F)cccc1C(Br)C(C)=O. The Morgan fingerprint density at radius 1 is 1.47 bits per heavy atom. The van der Waals surface area contributed by atoms with E-state index < -0.39 is 11.4 Å². The number of benzene rings is 1. The minimum atomic E-state index is -2.86. The van der Waals surface area contributed by atoms with E-state index in [1.54, 1.807) is 12.1 Å². The number of halogens is 3. The Kier molecular flexibility index (Phi) is 5.05. The lowest BCUT2D eigenvalue weighted by Crippen LogP contribution is -2.09. The zero-order valence-electron chi connectivity index (χ0n) is 9.54. The fourth-order valence-corrected chi connectivity index (χ4v) is 2.05. The van der Waals surface area contributed by atoms with E-state index in [0.717, 1.165) is 0 Å². The zero-order valence-corrected chi connectivity index (χ0v) is 11.1. The number of hydrogen-bond donors (Lipinski definition) is 0. The molecule has 0 N–H and O–H groups in total. The van der Waals surface area contributed by atoms with Crippen LogP contribution in [0.5, 0.6) is 5.75 Å². The van der Waals surface area contributed by atoms with Crippen molar-refractivity contribution in [3.8, 4) is 5.75 Å². The molecule has 0 bridgehead atoms. The molecule has 0 aliphatic carbocycles. The second-order valence-corrected chi connectivity index (χ2v) is 4.44. The van der Waals surface area contributed by atoms with Crippen molar-refractivity contribution in [2.45, 2.75) is 31.7 Å². The number of rotatable bonds is 5. The number of hydrogen-bond acceptors (Lipinski definition) is 2. The molecule has 0 saturated carbocycles. The fraction of sp³-hybridized carbons (Fsp3) is 0.417. The van der Waals surface area contributed by atoms with Gasteiger partial charge in [-0.15, -0.1) is 0 Å². The highest BCUT2D eigenvalue weighted by molar-refractivity contribution is 9.09. The van der Waals surface area contributed by atoms with Crippen molar-refractivity contribution < 1.29 is 18.3 Å². The molecule has 1 rings (SSSR count). The Hall–Kier alpha value is -0.970. The summed E-state index contributed by atoms with van der Waals surface area (Å²) in [5, 5.41) is 0. The van der Waals surface area contributed by atoms with Gasteiger partial charge in [0, 0.05) is 0 Å². The minimum Gasteiger partial charge on any atom is -0.435 e. The van der Waals surface area contributed by atoms with Gasteiger partial charge in [0.25, 0.3) is 0 Å². The van der Waals surface area contributed by atoms with Crippen molar-refractivity contribution in [1.29, 1.82) is 0 Å². The van der Waals surface area contributed by atoms with E-state index in [1.165, 1.54) is 13.0 Å². The van der Waals surface area contributed by atoms with Gasteiger partial charge in [-0.1, -0.05) is 35.0 Å². The molecule has 17 heavy (non-hydrogen) atoms. The zero-order chi connectivity index (χ0) is 13.0. The predicted octanol–water partition coefficient (Wildman–Crippen LogP) is 3.88. The molecule has 0 aliphatic rings. The van der Waals surface area contributed by atoms with Crippen LogP contribution in [-0.4, -0.2) is 12.4 Å². The number of alkyl halides is 3. The van der Waals surface area contributed by atoms with Gasteiger partial charge in [0.15, 0.2) is 0 Å². The molecule has 0 aromatic heterocycles. The van der Waals surface area contributed by atoms with Crippen molar-refractivity contribution >= 4 is 21.7 Å². The number of ether oxygens (including phenoxy) is 1. The summed E-state index contributed by atoms with van der Waals surface area (Å²) in [5.74, 6) is 0.0552. The summed E-state index contributed by atoms with van der Waals surface area (Å²) in [6, 6.07) is 4.82. The molecule has 0 amide bonds. The maximum absolute atomic E-state index is 12.2. The van der Waals surface area contributed by atoms with Crippen LogP contribution in [0.1, 0.15) is 29.8 Å². The van der Waals surface area contributed by atoms with Crippen LogP contribution in [0.25, 0.3) is 0 Å². The smallest absolute Gasteiger partial charge is 0.387 e. The third kappa shape index (κ3) is 3.49. The lowest BCUT2D eigenvalue weighted by molar-refractivity contribution is -0.116. The first-order chi connectivity index (χ1) is 7.97. The van der Waals surface area contributed by atoms with Crippen LogP contribution >= 0.6 is 15.9 Å². The fourth-order valence-electron chi connectivity index (χ4n) is 1.62. The molecule has 0 radical (unpaired) electrons. The molecule has 5 heteroatoms. The third-order valence-corrected chi connectivity index (χ3v) is 3.51. The molecule has 94 valence electrons. The number of carbonyl (C=O) groups is 1. The van der Waals surface area contributed by atoms with E-state index in [-0.39, 0.29) is 11.5 Å². The van der Waals surface area contributed by atoms with Crippen LogP contribution in [-0.2, 0) is 11.2 Å². The van der Waals surface area contributed by atoms with Crippen LogP contribution in [0, 0.1) is 0 Å². The normalized spacial score (nSPS) is 12.6. The van der Waals surface area contributed by atoms with Crippen molar-refractivity contribution in [1.82, 2.24) is 0 Å². The van der Waals surface area contributed by atoms with E-state index in [9.17, 15) is 13.6 Å². The topological polar surface area (TPSA) is 26.3 Å². The van der Waals surface area contributed by atoms with Crippen molar-refractivity contribution in [3.63, 3.8) is 0 Å². The average Bonchev–Trinajstić information content (AvgIpc) is 2.26. The summed E-state index contributed by atoms with van der Waals surface area (Å²) in [5.41, 5.74) is 1.31. The maximum atomic E-state index is 12.2. The molecule has 0 saturated heterocycles. The van der Waals surface area contributed by atoms with Gasteiger partial charge in [-0.2, -0.15) is 8.78 Å². The standard InChI is InChI=1S/C12H13BrF2O2/c1-3-8-9(11(13)7(2)16)5-4-6-10(8)17-12(14)15/h4-6,11-12H,3H2,1-2H3. The van der Waals surface area contributed by atoms with Crippen LogP contribution in [0.15, 0.2) is 18.2 Å². The second-order valence-electron chi connectivity index (χ2n) is 3.53. The molecule has 0 spiro atoms. The quantitative estimate of drug-likeness (QED) is 0.772. The van der Waals surface area contributed by atoms with Gasteiger partial charge in [0.05, 0.1) is 4.83 Å². The predicted molar refractivity (Wildman–Crippen MR) is 64.8 cm³/mol. The van der Waals surface area contributed by atoms with Gasteiger partial charge in [-0.3, -0.25) is 4.79 Å². The molecule has 2 nitrogen and oxygen atoms in total. The largest absolute Gasteiger partial charge is 0.435 e. The van der Waals surface area contributed by atoms with Crippen molar-refractivity contribution in [2.24, 2.45) is 0 Å². The van der Waals surface area contributed by atoms with Crippen molar-refractivity contribution in [2.75, 3.05) is 0 Å². The molecule has 1 aromatic rings. The number of Topliss-reactive ketones (excluding diaryl/α,β-unsaturated/α-hetero) is 1. The number of carbonyl (C=O) groups excluding carboxylic acids is 1. The second kappa shape index (κ2) is 6.10. The lowest BCUT2D eigenvalue weighted by atomic mass is 10.00. The third-order valence-electron chi connectivity index (χ3n) is 2.37. The first-order valence-corrected chi connectivity index (χ1v) is 6.10. The highest BCUT2D eigenvalue weighted by Gasteiger charge is 2.19. The molecule has 1 unspecified atom stereocenters. The Bertz CT molecular complexity index is 407. The van der Waals surface area contributed by atoms with Gasteiger partial charge in [-0.05, 0) is 30.5 Å². The molecule has 1 atom stereocenters. The van der Waals surface area contributed by atoms with Gasteiger partial charge in [0.2, 0.25) is 0 Å². The molecule has 0 aliphatic heterocycles. The van der Waals surface area contributed by atoms with Gasteiger partial charge in [0.1, 0.15) is 11.5 Å². The number of ketones is 1. The minimum absolute atomic E-state index is 0.0751. The van der Waals surface area contributed by atoms with Crippen molar-refractivity contribution in [3.05, 3.63) is 29.3 Å². The summed E-state index contributed by atoms with van der Waals surface area (Å²) >= 11 is 3.25. The summed E-state index contributed by atoms with van der Waals surface area (Å²) < 4.78 is 28.9. The van der Waals surface area contributed by atoms with E-state index in [2.05, 4.69) is 20.7 Å². The maximum Gasteiger partial charge on any atom is 0.387 e. The average molecular weight is 307 g/mol. The molecular weight excluding hydrogens is 294 g/mol. The van der Waals surface area contributed by atoms with Crippen LogP contribution in [0.3, 0.4) is 0 Å². The highest BCUT2D eigenvalue weighted by Crippen LogP contribution is 2.33. The highest BCUT2D eigenvalue weighted by atomic mass is 79.9. The molecule has 0 fully saturated rings. The summed E-state index contributed by atoms with van der Waals surface area (Å²) in [6.45, 7) is 0.415. The summed E-state index contributed by atoms with van der Waals surface area (Å²) in [7, 11) is 0. The monoisotopic (exact) mass is 306 g/mol. The molecular formula is C12H13BrF2O2.